The third-order valence-electron chi connectivity index (χ3n) is 5.61. The minimum Gasteiger partial charge on any atom is -0.356 e. The number of aromatic nitrogens is 1. The van der Waals surface area contributed by atoms with Crippen molar-refractivity contribution in [2.75, 3.05) is 11.9 Å². The zero-order valence-corrected chi connectivity index (χ0v) is 17.8. The monoisotopic (exact) mass is 453 g/mol. The normalized spacial score (nSPS) is 15.7. The summed E-state index contributed by atoms with van der Waals surface area (Å²) in [4.78, 5) is 18.5. The van der Waals surface area contributed by atoms with Crippen LogP contribution in [0.15, 0.2) is 66.7 Å². The number of fused-ring (bicyclic) bond motifs is 3. The maximum atomic E-state index is 13.6. The van der Waals surface area contributed by atoms with Gasteiger partial charge in [0.15, 0.2) is 0 Å². The Morgan fingerprint density at radius 3 is 2.58 bits per heavy atom. The molecular formula is C24H18Cl2FN3O. The van der Waals surface area contributed by atoms with Crippen LogP contribution in [0, 0.1) is 5.82 Å². The van der Waals surface area contributed by atoms with Crippen LogP contribution in [0.4, 0.5) is 14.9 Å². The first-order chi connectivity index (χ1) is 15.0. The number of carbonyl (C=O) groups is 1. The summed E-state index contributed by atoms with van der Waals surface area (Å²) in [5.74, 6) is -0.321. The quantitative estimate of drug-likeness (QED) is 0.344. The van der Waals surface area contributed by atoms with Crippen molar-refractivity contribution in [2.45, 2.75) is 12.5 Å². The predicted octanol–water partition coefficient (Wildman–Crippen LogP) is 6.79. The summed E-state index contributed by atoms with van der Waals surface area (Å²) in [5, 5.41) is 5.18. The molecule has 7 heteroatoms. The summed E-state index contributed by atoms with van der Waals surface area (Å²) in [6.07, 6.45) is 0.677. The highest BCUT2D eigenvalue weighted by Gasteiger charge is 2.34. The fourth-order valence-corrected chi connectivity index (χ4v) is 4.60. The zero-order chi connectivity index (χ0) is 21.5. The third-order valence-corrected chi connectivity index (χ3v) is 6.08. The van der Waals surface area contributed by atoms with E-state index in [2.05, 4.69) is 10.3 Å². The molecule has 0 bridgehead atoms. The summed E-state index contributed by atoms with van der Waals surface area (Å²) in [6.45, 7) is 0.501. The standard InChI is InChI=1S/C24H18Cl2FN3O/c25-15-2-1-3-18(12-15)28-24(31)30-11-10-19-20-13-16(26)6-9-21(20)29-22(19)23(30)14-4-7-17(27)8-5-14/h1-9,12-13,23,29H,10-11H2,(H,28,31)/t23-/m1/s1. The van der Waals surface area contributed by atoms with Gasteiger partial charge in [0.25, 0.3) is 0 Å². The SMILES string of the molecule is O=C(Nc1cccc(Cl)c1)N1CCc2c([nH]c3ccc(Cl)cc23)[C@H]1c1ccc(F)cc1. The van der Waals surface area contributed by atoms with E-state index in [-0.39, 0.29) is 11.8 Å². The number of halogens is 3. The van der Waals surface area contributed by atoms with E-state index in [1.807, 2.05) is 18.2 Å². The molecule has 1 aliphatic rings. The number of amides is 2. The van der Waals surface area contributed by atoms with Crippen molar-refractivity contribution in [3.8, 4) is 0 Å². The Labute approximate surface area is 188 Å². The summed E-state index contributed by atoms with van der Waals surface area (Å²) in [5.41, 5.74) is 4.43. The fraction of sp³-hybridized carbons (Fsp3) is 0.125. The van der Waals surface area contributed by atoms with Crippen LogP contribution in [-0.2, 0) is 6.42 Å². The average molecular weight is 454 g/mol. The Morgan fingerprint density at radius 1 is 1.03 bits per heavy atom. The van der Waals surface area contributed by atoms with Gasteiger partial charge in [0, 0.05) is 38.9 Å². The number of urea groups is 1. The average Bonchev–Trinajstić information content (AvgIpc) is 3.11. The first-order valence-electron chi connectivity index (χ1n) is 9.88. The Bertz CT molecular complexity index is 1290. The van der Waals surface area contributed by atoms with Gasteiger partial charge in [0.2, 0.25) is 0 Å². The number of benzene rings is 3. The molecule has 156 valence electrons. The summed E-state index contributed by atoms with van der Waals surface area (Å²) < 4.78 is 13.6. The highest BCUT2D eigenvalue weighted by Crippen LogP contribution is 2.39. The van der Waals surface area contributed by atoms with Gasteiger partial charge in [0.05, 0.1) is 6.04 Å². The topological polar surface area (TPSA) is 48.1 Å². The Morgan fingerprint density at radius 2 is 1.81 bits per heavy atom. The van der Waals surface area contributed by atoms with Gasteiger partial charge in [-0.15, -0.1) is 0 Å². The Balaban J connectivity index is 1.59. The van der Waals surface area contributed by atoms with E-state index in [0.29, 0.717) is 28.7 Å². The number of carbonyl (C=O) groups excluding carboxylic acids is 1. The largest absolute Gasteiger partial charge is 0.356 e. The van der Waals surface area contributed by atoms with Crippen molar-refractivity contribution in [1.82, 2.24) is 9.88 Å². The number of aromatic amines is 1. The van der Waals surface area contributed by atoms with Gasteiger partial charge in [-0.2, -0.15) is 0 Å². The molecule has 1 atom stereocenters. The molecule has 31 heavy (non-hydrogen) atoms. The molecule has 1 aliphatic heterocycles. The van der Waals surface area contributed by atoms with Crippen molar-refractivity contribution in [3.63, 3.8) is 0 Å². The van der Waals surface area contributed by atoms with Crippen LogP contribution < -0.4 is 5.32 Å². The van der Waals surface area contributed by atoms with Crippen LogP contribution in [-0.4, -0.2) is 22.5 Å². The fourth-order valence-electron chi connectivity index (χ4n) is 4.23. The summed E-state index contributed by atoms with van der Waals surface area (Å²) in [6, 6.07) is 18.4. The lowest BCUT2D eigenvalue weighted by Crippen LogP contribution is -2.43. The molecule has 2 N–H and O–H groups in total. The minimum atomic E-state index is -0.394. The molecule has 0 saturated carbocycles. The van der Waals surface area contributed by atoms with Gasteiger partial charge in [-0.05, 0) is 66.1 Å². The molecule has 0 fully saturated rings. The smallest absolute Gasteiger partial charge is 0.322 e. The molecule has 2 heterocycles. The van der Waals surface area contributed by atoms with E-state index in [1.165, 1.54) is 12.1 Å². The summed E-state index contributed by atoms with van der Waals surface area (Å²) in [7, 11) is 0. The first kappa shape index (κ1) is 19.9. The molecule has 2 amide bonds. The second-order valence-corrected chi connectivity index (χ2v) is 8.42. The lowest BCUT2D eigenvalue weighted by atomic mass is 9.92. The second-order valence-electron chi connectivity index (χ2n) is 7.55. The molecule has 3 aromatic carbocycles. The van der Waals surface area contributed by atoms with E-state index >= 15 is 0 Å². The molecule has 0 saturated heterocycles. The molecule has 1 aromatic heterocycles. The van der Waals surface area contributed by atoms with Crippen LogP contribution in [0.25, 0.3) is 10.9 Å². The van der Waals surface area contributed by atoms with Gasteiger partial charge < -0.3 is 15.2 Å². The summed E-state index contributed by atoms with van der Waals surface area (Å²) >= 11 is 12.3. The number of hydrogen-bond donors (Lipinski definition) is 2. The number of rotatable bonds is 2. The maximum Gasteiger partial charge on any atom is 0.322 e. The minimum absolute atomic E-state index is 0.251. The van der Waals surface area contributed by atoms with Gasteiger partial charge in [-0.1, -0.05) is 41.4 Å². The number of nitrogens with one attached hydrogen (secondary N) is 2. The zero-order valence-electron chi connectivity index (χ0n) is 16.3. The molecule has 0 unspecified atom stereocenters. The first-order valence-corrected chi connectivity index (χ1v) is 10.6. The van der Waals surface area contributed by atoms with E-state index in [1.54, 1.807) is 41.3 Å². The highest BCUT2D eigenvalue weighted by molar-refractivity contribution is 6.31. The molecular weight excluding hydrogens is 436 g/mol. The van der Waals surface area contributed by atoms with Crippen molar-refractivity contribution in [1.29, 1.82) is 0 Å². The van der Waals surface area contributed by atoms with E-state index < -0.39 is 6.04 Å². The molecule has 0 aliphatic carbocycles. The van der Waals surface area contributed by atoms with Crippen LogP contribution in [0.1, 0.15) is 22.9 Å². The Hall–Kier alpha value is -3.02. The third kappa shape index (κ3) is 3.75. The van der Waals surface area contributed by atoms with E-state index in [0.717, 1.165) is 27.7 Å². The van der Waals surface area contributed by atoms with Crippen molar-refractivity contribution in [3.05, 3.63) is 99.4 Å². The highest BCUT2D eigenvalue weighted by atomic mass is 35.5. The van der Waals surface area contributed by atoms with E-state index in [9.17, 15) is 9.18 Å². The van der Waals surface area contributed by atoms with E-state index in [4.69, 9.17) is 23.2 Å². The van der Waals surface area contributed by atoms with Crippen LogP contribution in [0.5, 0.6) is 0 Å². The maximum absolute atomic E-state index is 13.6. The lowest BCUT2D eigenvalue weighted by molar-refractivity contribution is 0.193. The van der Waals surface area contributed by atoms with Crippen molar-refractivity contribution < 1.29 is 9.18 Å². The number of H-pyrrole nitrogens is 1. The van der Waals surface area contributed by atoms with Gasteiger partial charge in [-0.25, -0.2) is 9.18 Å². The van der Waals surface area contributed by atoms with Gasteiger partial charge >= 0.3 is 6.03 Å². The van der Waals surface area contributed by atoms with Gasteiger partial charge in [-0.3, -0.25) is 0 Å². The van der Waals surface area contributed by atoms with Gasteiger partial charge in [0.1, 0.15) is 5.82 Å². The van der Waals surface area contributed by atoms with Crippen molar-refractivity contribution in [2.24, 2.45) is 0 Å². The lowest BCUT2D eigenvalue weighted by Gasteiger charge is -2.36. The number of nitrogens with zero attached hydrogens (tertiary/aromatic N) is 1. The van der Waals surface area contributed by atoms with Crippen LogP contribution >= 0.6 is 23.2 Å². The van der Waals surface area contributed by atoms with Crippen molar-refractivity contribution >= 4 is 45.8 Å². The molecule has 5 rings (SSSR count). The predicted molar refractivity (Wildman–Crippen MR) is 122 cm³/mol. The van der Waals surface area contributed by atoms with Crippen LogP contribution in [0.3, 0.4) is 0 Å². The van der Waals surface area contributed by atoms with Crippen LogP contribution in [0.2, 0.25) is 10.0 Å². The molecule has 0 radical (unpaired) electrons. The number of anilines is 1. The Kier molecular flexibility index (Phi) is 5.08. The number of hydrogen-bond acceptors (Lipinski definition) is 1. The second kappa shape index (κ2) is 7.91. The molecule has 4 aromatic rings. The molecule has 4 nitrogen and oxygen atoms in total. The molecule has 0 spiro atoms.